The number of hydrogen-bond acceptors (Lipinski definition) is 10. The predicted octanol–water partition coefficient (Wildman–Crippen LogP) is 5.40. The van der Waals surface area contributed by atoms with E-state index in [0.29, 0.717) is 46.6 Å². The maximum absolute atomic E-state index is 14.9. The molecule has 0 bridgehead atoms. The molecule has 0 spiro atoms. The second kappa shape index (κ2) is 15.8. The Morgan fingerprint density at radius 3 is 2.22 bits per heavy atom. The fraction of sp³-hybridized carbons (Fsp3) is 0.467. The van der Waals surface area contributed by atoms with Gasteiger partial charge in [-0.25, -0.2) is 4.39 Å². The molecule has 13 nitrogen and oxygen atoms in total. The molecule has 1 atom stereocenters. The van der Waals surface area contributed by atoms with Crippen LogP contribution >= 0.6 is 11.6 Å². The number of hydrogen-bond donors (Lipinski definition) is 2. The third kappa shape index (κ3) is 7.47. The highest BCUT2D eigenvalue weighted by molar-refractivity contribution is 6.31. The summed E-state index contributed by atoms with van der Waals surface area (Å²) in [6.07, 6.45) is 1.52. The van der Waals surface area contributed by atoms with Gasteiger partial charge in [0.15, 0.2) is 0 Å². The zero-order chi connectivity index (χ0) is 42.7. The Morgan fingerprint density at radius 1 is 0.900 bits per heavy atom. The summed E-state index contributed by atoms with van der Waals surface area (Å²) < 4.78 is 21.3. The number of carbonyl (C=O) groups excluding carboxylic acids is 5. The first-order chi connectivity index (χ1) is 28.6. The highest BCUT2D eigenvalue weighted by Gasteiger charge is 2.64. The molecule has 2 N–H and O–H groups in total. The molecule has 4 fully saturated rings. The van der Waals surface area contributed by atoms with Gasteiger partial charge in [0, 0.05) is 86.4 Å². The van der Waals surface area contributed by atoms with Crippen molar-refractivity contribution >= 4 is 52.5 Å². The molecule has 5 aliphatic rings. The maximum atomic E-state index is 14.9. The van der Waals surface area contributed by atoms with E-state index in [1.165, 1.54) is 6.07 Å². The van der Waals surface area contributed by atoms with Crippen molar-refractivity contribution in [1.29, 1.82) is 5.26 Å². The summed E-state index contributed by atoms with van der Waals surface area (Å²) in [5, 5.41) is 15.0. The van der Waals surface area contributed by atoms with Gasteiger partial charge in [-0.05, 0) is 73.7 Å². The molecule has 3 saturated heterocycles. The summed E-state index contributed by atoms with van der Waals surface area (Å²) in [4.78, 5) is 72.4. The van der Waals surface area contributed by atoms with Crippen molar-refractivity contribution in [3.8, 4) is 11.8 Å². The van der Waals surface area contributed by atoms with E-state index in [4.69, 9.17) is 16.3 Å². The summed E-state index contributed by atoms with van der Waals surface area (Å²) in [7, 11) is 0. The van der Waals surface area contributed by atoms with Crippen LogP contribution in [0.1, 0.15) is 90.0 Å². The molecule has 0 aromatic heterocycles. The molecule has 3 aromatic rings. The van der Waals surface area contributed by atoms with Crippen LogP contribution in [0.25, 0.3) is 0 Å². The molecule has 15 heteroatoms. The Morgan fingerprint density at radius 2 is 1.58 bits per heavy atom. The Kier molecular flexibility index (Phi) is 10.9. The number of amides is 5. The molecule has 314 valence electrons. The van der Waals surface area contributed by atoms with E-state index in [1.807, 2.05) is 29.2 Å². The number of fused-ring (bicyclic) bond motifs is 1. The average Bonchev–Trinajstić information content (AvgIpc) is 3.47. The summed E-state index contributed by atoms with van der Waals surface area (Å²) >= 11 is 6.25. The first-order valence-corrected chi connectivity index (χ1v) is 21.0. The highest BCUT2D eigenvalue weighted by atomic mass is 35.5. The molecule has 5 amide bonds. The Bertz CT molecular complexity index is 2280. The van der Waals surface area contributed by atoms with Crippen LogP contribution in [0.15, 0.2) is 54.6 Å². The fourth-order valence-corrected chi connectivity index (χ4v) is 10.5. The maximum Gasteiger partial charge on any atom is 0.264 e. The number of piperidine rings is 2. The number of ether oxygens (including phenoxy) is 1. The minimum Gasteiger partial charge on any atom is -0.489 e. The van der Waals surface area contributed by atoms with Crippen molar-refractivity contribution < 1.29 is 33.1 Å². The first-order valence-electron chi connectivity index (χ1n) is 20.6. The number of anilines is 2. The van der Waals surface area contributed by atoms with Crippen LogP contribution in [0.3, 0.4) is 0 Å². The Hall–Kier alpha value is -5.52. The second-order valence-electron chi connectivity index (χ2n) is 17.9. The van der Waals surface area contributed by atoms with Gasteiger partial charge < -0.3 is 19.9 Å². The minimum atomic E-state index is -1.11. The number of nitrogens with one attached hydrogen (secondary N) is 2. The molecule has 3 aromatic carbocycles. The van der Waals surface area contributed by atoms with Gasteiger partial charge in [-0.2, -0.15) is 5.26 Å². The summed E-state index contributed by atoms with van der Waals surface area (Å²) in [6, 6.07) is 16.0. The molecule has 4 heterocycles. The van der Waals surface area contributed by atoms with Crippen LogP contribution in [0, 0.1) is 33.9 Å². The van der Waals surface area contributed by atoms with E-state index in [1.54, 1.807) is 18.2 Å². The smallest absolute Gasteiger partial charge is 0.264 e. The van der Waals surface area contributed by atoms with Gasteiger partial charge in [0.05, 0.1) is 27.4 Å². The number of nitriles is 1. The highest BCUT2D eigenvalue weighted by Crippen LogP contribution is 2.55. The predicted molar refractivity (Wildman–Crippen MR) is 223 cm³/mol. The Balaban J connectivity index is 0.813. The lowest BCUT2D eigenvalue weighted by atomic mass is 9.49. The molecule has 8 rings (SSSR count). The van der Waals surface area contributed by atoms with E-state index in [-0.39, 0.29) is 52.9 Å². The lowest BCUT2D eigenvalue weighted by Crippen LogP contribution is -2.74. The zero-order valence-electron chi connectivity index (χ0n) is 34.2. The van der Waals surface area contributed by atoms with Crippen molar-refractivity contribution in [2.75, 3.05) is 55.6 Å². The second-order valence-corrected chi connectivity index (χ2v) is 18.3. The number of halogens is 2. The largest absolute Gasteiger partial charge is 0.489 e. The minimum absolute atomic E-state index is 0.0130. The van der Waals surface area contributed by atoms with E-state index in [2.05, 4.69) is 54.2 Å². The SMILES string of the molecule is CC1(C)[C@H](NC(=O)c2ccc(N3CCN(CC4CCN(c5cc(F)cc6c5C(=O)N(C5CCC(=O)NC5=O)C6=O)CC4)CC3)cc2)C(C)(C)[C@H]1Oc1ccc(C#N)c(Cl)c1. The summed E-state index contributed by atoms with van der Waals surface area (Å²) in [5.74, 6) is -2.27. The summed E-state index contributed by atoms with van der Waals surface area (Å²) in [6.45, 7) is 13.9. The molecule has 4 aliphatic heterocycles. The molecule has 1 aliphatic carbocycles. The normalized spacial score (nSPS) is 24.1. The van der Waals surface area contributed by atoms with Crippen molar-refractivity contribution in [3.63, 3.8) is 0 Å². The Labute approximate surface area is 353 Å². The van der Waals surface area contributed by atoms with Crippen molar-refractivity contribution in [3.05, 3.63) is 87.7 Å². The number of nitrogens with zero attached hydrogens (tertiary/aromatic N) is 5. The number of rotatable bonds is 9. The lowest BCUT2D eigenvalue weighted by Gasteiger charge is -2.63. The van der Waals surface area contributed by atoms with Crippen molar-refractivity contribution in [1.82, 2.24) is 20.4 Å². The molecular formula is C45H49ClFN7O6. The standard InChI is InChI=1S/C45H49ClFN7O6/c1-44(2)42(45(3,4)43(44)60-31-10-7-28(24-48)33(46)23-31)50-38(56)27-5-8-30(9-6-27)52-19-17-51(18-20-52)25-26-13-15-53(16-14-26)35-22-29(47)21-32-37(35)41(59)54(40(32)58)34-11-12-36(55)49-39(34)57/h5-10,21-23,26,34,42-43H,11-20,25H2,1-4H3,(H,50,56)(H,49,55,57)/t34?,42-,43-. The lowest BCUT2D eigenvalue weighted by molar-refractivity contribution is -0.164. The van der Waals surface area contributed by atoms with Gasteiger partial charge in [0.1, 0.15) is 29.8 Å². The average molecular weight is 838 g/mol. The van der Waals surface area contributed by atoms with Crippen LogP contribution in [0.5, 0.6) is 5.75 Å². The third-order valence-corrected chi connectivity index (χ3v) is 13.6. The van der Waals surface area contributed by atoms with Crippen LogP contribution < -0.4 is 25.2 Å². The molecule has 1 saturated carbocycles. The number of imide groups is 2. The van der Waals surface area contributed by atoms with E-state index < -0.39 is 35.5 Å². The zero-order valence-corrected chi connectivity index (χ0v) is 35.0. The number of benzene rings is 3. The van der Waals surface area contributed by atoms with Crippen LogP contribution in [-0.2, 0) is 9.59 Å². The van der Waals surface area contributed by atoms with Crippen LogP contribution in [-0.4, -0.2) is 103 Å². The van der Waals surface area contributed by atoms with Gasteiger partial charge in [-0.3, -0.25) is 39.1 Å². The van der Waals surface area contributed by atoms with Gasteiger partial charge in [0.2, 0.25) is 11.8 Å². The number of carbonyl (C=O) groups is 5. The topological polar surface area (TPSA) is 155 Å². The van der Waals surface area contributed by atoms with Gasteiger partial charge in [-0.1, -0.05) is 39.3 Å². The molecule has 0 radical (unpaired) electrons. The van der Waals surface area contributed by atoms with Gasteiger partial charge in [0.25, 0.3) is 17.7 Å². The van der Waals surface area contributed by atoms with E-state index in [0.717, 1.165) is 62.2 Å². The van der Waals surface area contributed by atoms with Crippen LogP contribution in [0.4, 0.5) is 15.8 Å². The van der Waals surface area contributed by atoms with Gasteiger partial charge >= 0.3 is 0 Å². The van der Waals surface area contributed by atoms with E-state index >= 15 is 0 Å². The van der Waals surface area contributed by atoms with Crippen LogP contribution in [0.2, 0.25) is 5.02 Å². The van der Waals surface area contributed by atoms with Crippen molar-refractivity contribution in [2.45, 2.75) is 71.6 Å². The fourth-order valence-electron chi connectivity index (χ4n) is 10.3. The summed E-state index contributed by atoms with van der Waals surface area (Å²) in [5.41, 5.74) is 1.73. The third-order valence-electron chi connectivity index (χ3n) is 13.3. The van der Waals surface area contributed by atoms with Gasteiger partial charge in [-0.15, -0.1) is 0 Å². The number of piperazine rings is 1. The molecular weight excluding hydrogens is 789 g/mol. The van der Waals surface area contributed by atoms with Crippen molar-refractivity contribution in [2.24, 2.45) is 16.7 Å². The first kappa shape index (κ1) is 41.2. The molecule has 1 unspecified atom stereocenters. The van der Waals surface area contributed by atoms with E-state index in [9.17, 15) is 33.6 Å². The molecule has 60 heavy (non-hydrogen) atoms. The quantitative estimate of drug-likeness (QED) is 0.268. The monoisotopic (exact) mass is 837 g/mol.